The van der Waals surface area contributed by atoms with Crippen LogP contribution in [0.4, 0.5) is 5.69 Å². The zero-order valence-electron chi connectivity index (χ0n) is 18.0. The van der Waals surface area contributed by atoms with E-state index in [0.29, 0.717) is 34.1 Å². The lowest BCUT2D eigenvalue weighted by atomic mass is 9.64. The van der Waals surface area contributed by atoms with Crippen LogP contribution >= 0.6 is 39.1 Å². The molecule has 5 nitrogen and oxygen atoms in total. The Morgan fingerprint density at radius 3 is 2.44 bits per heavy atom. The van der Waals surface area contributed by atoms with Gasteiger partial charge in [-0.3, -0.25) is 4.79 Å². The summed E-state index contributed by atoms with van der Waals surface area (Å²) in [6.45, 7) is 6.25. The number of carbonyl (C=O) groups is 2. The van der Waals surface area contributed by atoms with Gasteiger partial charge in [-0.1, -0.05) is 71.1 Å². The Bertz CT molecular complexity index is 1130. The second-order valence-electron chi connectivity index (χ2n) is 9.20. The highest BCUT2D eigenvalue weighted by Gasteiger charge is 2.71. The van der Waals surface area contributed by atoms with Crippen LogP contribution in [-0.2, 0) is 9.63 Å². The van der Waals surface area contributed by atoms with Crippen LogP contribution < -0.4 is 5.32 Å². The van der Waals surface area contributed by atoms with Crippen molar-refractivity contribution >= 4 is 62.4 Å². The maximum Gasteiger partial charge on any atom is 0.365 e. The van der Waals surface area contributed by atoms with Gasteiger partial charge >= 0.3 is 5.97 Å². The van der Waals surface area contributed by atoms with E-state index in [1.165, 1.54) is 0 Å². The molecule has 32 heavy (non-hydrogen) atoms. The third kappa shape index (κ3) is 3.47. The lowest BCUT2D eigenvalue weighted by Crippen LogP contribution is -2.43. The largest absolute Gasteiger partial charge is 0.365 e. The quantitative estimate of drug-likeness (QED) is 0.333. The molecule has 1 N–H and O–H groups in total. The molecule has 2 saturated carbocycles. The summed E-state index contributed by atoms with van der Waals surface area (Å²) in [5, 5.41) is 7.94. The van der Waals surface area contributed by atoms with Crippen LogP contribution in [0.2, 0.25) is 10.0 Å². The van der Waals surface area contributed by atoms with E-state index >= 15 is 0 Å². The molecule has 2 aliphatic carbocycles. The monoisotopic (exact) mass is 536 g/mol. The number of nitrogens with zero attached hydrogens (tertiary/aromatic N) is 1. The Labute approximate surface area is 205 Å². The summed E-state index contributed by atoms with van der Waals surface area (Å²) in [6.07, 6.45) is 1.89. The molecule has 2 atom stereocenters. The van der Waals surface area contributed by atoms with Gasteiger partial charge in [0.2, 0.25) is 5.91 Å². The van der Waals surface area contributed by atoms with E-state index in [1.54, 1.807) is 42.5 Å². The van der Waals surface area contributed by atoms with Gasteiger partial charge in [-0.2, -0.15) is 0 Å². The lowest BCUT2D eigenvalue weighted by molar-refractivity contribution is -0.130. The standard InChI is InChI=1S/C24H23BrCl2N2O3/c1-22(2)23(3)11-12-24(22,21(31)28-17-6-4-5-16(26)19(17)27)13-18(23)29-32-20(30)14-7-9-15(25)10-8-14/h4-10H,11-13H2,1-3H3,(H,28,31)/b29-18+. The van der Waals surface area contributed by atoms with Crippen molar-refractivity contribution in [3.63, 3.8) is 0 Å². The van der Waals surface area contributed by atoms with Crippen molar-refractivity contribution < 1.29 is 14.4 Å². The molecule has 4 rings (SSSR count). The minimum atomic E-state index is -0.698. The van der Waals surface area contributed by atoms with E-state index in [0.717, 1.165) is 16.6 Å². The van der Waals surface area contributed by atoms with E-state index in [2.05, 4.69) is 47.2 Å². The zero-order valence-corrected chi connectivity index (χ0v) is 21.1. The molecule has 0 aliphatic heterocycles. The summed E-state index contributed by atoms with van der Waals surface area (Å²) < 4.78 is 0.871. The first kappa shape index (κ1) is 23.3. The number of oxime groups is 1. The van der Waals surface area contributed by atoms with Crippen LogP contribution in [0.5, 0.6) is 0 Å². The van der Waals surface area contributed by atoms with Gasteiger partial charge in [0.05, 0.1) is 32.4 Å². The van der Waals surface area contributed by atoms with Crippen molar-refractivity contribution in [2.75, 3.05) is 5.32 Å². The molecular formula is C24H23BrCl2N2O3. The highest BCUT2D eigenvalue weighted by Crippen LogP contribution is 2.71. The molecule has 0 aromatic heterocycles. The van der Waals surface area contributed by atoms with Gasteiger partial charge in [0.25, 0.3) is 0 Å². The first-order valence-electron chi connectivity index (χ1n) is 10.3. The second kappa shape index (κ2) is 8.15. The average Bonchev–Trinajstić information content (AvgIpc) is 3.06. The van der Waals surface area contributed by atoms with Crippen molar-refractivity contribution in [1.82, 2.24) is 0 Å². The highest BCUT2D eigenvalue weighted by molar-refractivity contribution is 9.10. The fourth-order valence-electron chi connectivity index (χ4n) is 5.10. The fraction of sp³-hybridized carbons (Fsp3) is 0.375. The summed E-state index contributed by atoms with van der Waals surface area (Å²) in [7, 11) is 0. The molecule has 8 heteroatoms. The molecule has 2 aromatic carbocycles. The molecule has 2 aromatic rings. The van der Waals surface area contributed by atoms with Gasteiger partial charge in [-0.15, -0.1) is 0 Å². The maximum atomic E-state index is 13.6. The number of hydrogen-bond acceptors (Lipinski definition) is 4. The Kier molecular flexibility index (Phi) is 5.93. The SMILES string of the molecule is CC12CCC(C(=O)Nc3cccc(Cl)c3Cl)(C/C1=N\OC(=O)c1ccc(Br)cc1)C2(C)C. The number of amides is 1. The van der Waals surface area contributed by atoms with Crippen molar-refractivity contribution in [1.29, 1.82) is 0 Å². The van der Waals surface area contributed by atoms with Crippen LogP contribution in [0.1, 0.15) is 50.4 Å². The molecule has 2 bridgehead atoms. The van der Waals surface area contributed by atoms with Gasteiger partial charge in [0, 0.05) is 16.3 Å². The summed E-state index contributed by atoms with van der Waals surface area (Å²) in [6, 6.07) is 12.0. The van der Waals surface area contributed by atoms with Crippen molar-refractivity contribution in [2.45, 2.75) is 40.0 Å². The highest BCUT2D eigenvalue weighted by atomic mass is 79.9. The number of fused-ring (bicyclic) bond motifs is 2. The molecule has 2 fully saturated rings. The predicted octanol–water partition coefficient (Wildman–Crippen LogP) is 7.12. The first-order chi connectivity index (χ1) is 15.0. The van der Waals surface area contributed by atoms with Crippen molar-refractivity contribution in [3.8, 4) is 0 Å². The van der Waals surface area contributed by atoms with Crippen molar-refractivity contribution in [2.24, 2.45) is 21.4 Å². The molecule has 168 valence electrons. The minimum Gasteiger partial charge on any atom is -0.324 e. The van der Waals surface area contributed by atoms with Gasteiger partial charge in [-0.25, -0.2) is 4.79 Å². The van der Waals surface area contributed by atoms with E-state index in [-0.39, 0.29) is 11.3 Å². The Morgan fingerprint density at radius 1 is 1.06 bits per heavy atom. The van der Waals surface area contributed by atoms with Gasteiger partial charge in [0.15, 0.2) is 0 Å². The smallest absolute Gasteiger partial charge is 0.324 e. The third-order valence-corrected chi connectivity index (χ3v) is 9.03. The molecule has 2 unspecified atom stereocenters. The number of anilines is 1. The van der Waals surface area contributed by atoms with Crippen LogP contribution in [0.25, 0.3) is 0 Å². The summed E-state index contributed by atoms with van der Waals surface area (Å²) in [5.41, 5.74) is 0.145. The normalized spacial score (nSPS) is 26.9. The van der Waals surface area contributed by atoms with Gasteiger partial charge in [0.1, 0.15) is 0 Å². The number of nitrogens with one attached hydrogen (secondary N) is 1. The molecule has 0 radical (unpaired) electrons. The lowest BCUT2D eigenvalue weighted by Gasteiger charge is -2.39. The summed E-state index contributed by atoms with van der Waals surface area (Å²) in [4.78, 5) is 31.3. The van der Waals surface area contributed by atoms with E-state index < -0.39 is 16.8 Å². The molecule has 0 spiro atoms. The van der Waals surface area contributed by atoms with Crippen LogP contribution in [0.3, 0.4) is 0 Å². The third-order valence-electron chi connectivity index (χ3n) is 7.69. The number of halogens is 3. The Morgan fingerprint density at radius 2 is 1.75 bits per heavy atom. The second-order valence-corrected chi connectivity index (χ2v) is 10.9. The maximum absolute atomic E-state index is 13.6. The zero-order chi connectivity index (χ0) is 23.3. The summed E-state index contributed by atoms with van der Waals surface area (Å²) in [5.74, 6) is -0.654. The fourth-order valence-corrected chi connectivity index (χ4v) is 5.71. The van der Waals surface area contributed by atoms with Crippen molar-refractivity contribution in [3.05, 3.63) is 62.5 Å². The van der Waals surface area contributed by atoms with E-state index in [4.69, 9.17) is 28.0 Å². The van der Waals surface area contributed by atoms with Gasteiger partial charge in [-0.05, 0) is 54.7 Å². The topological polar surface area (TPSA) is 67.8 Å². The Hall–Kier alpha value is -1.89. The number of benzene rings is 2. The number of rotatable bonds is 4. The molecule has 1 amide bonds. The summed E-state index contributed by atoms with van der Waals surface area (Å²) >= 11 is 15.8. The predicted molar refractivity (Wildman–Crippen MR) is 130 cm³/mol. The number of hydrogen-bond donors (Lipinski definition) is 1. The molecule has 2 aliphatic rings. The molecular weight excluding hydrogens is 515 g/mol. The Balaban J connectivity index is 1.60. The molecule has 0 saturated heterocycles. The van der Waals surface area contributed by atoms with Crippen LogP contribution in [0, 0.1) is 16.2 Å². The number of carbonyl (C=O) groups excluding carboxylic acids is 2. The van der Waals surface area contributed by atoms with E-state index in [1.807, 2.05) is 0 Å². The molecule has 0 heterocycles. The average molecular weight is 538 g/mol. The first-order valence-corrected chi connectivity index (χ1v) is 11.9. The van der Waals surface area contributed by atoms with E-state index in [9.17, 15) is 9.59 Å². The van der Waals surface area contributed by atoms with Crippen LogP contribution in [-0.4, -0.2) is 17.6 Å². The van der Waals surface area contributed by atoms with Crippen LogP contribution in [0.15, 0.2) is 52.1 Å². The minimum absolute atomic E-state index is 0.125. The van der Waals surface area contributed by atoms with Gasteiger partial charge < -0.3 is 10.2 Å².